The highest BCUT2D eigenvalue weighted by Gasteiger charge is 2.23. The van der Waals surface area contributed by atoms with Gasteiger partial charge in [0.15, 0.2) is 5.65 Å². The van der Waals surface area contributed by atoms with Gasteiger partial charge < -0.3 is 15.2 Å². The molecule has 0 atom stereocenters. The van der Waals surface area contributed by atoms with Gasteiger partial charge in [-0.25, -0.2) is 4.98 Å². The molecule has 0 aliphatic heterocycles. The summed E-state index contributed by atoms with van der Waals surface area (Å²) in [4.78, 5) is 30.7. The molecule has 4 rings (SSSR count). The minimum absolute atomic E-state index is 0.250. The van der Waals surface area contributed by atoms with Gasteiger partial charge in [0.2, 0.25) is 0 Å². The highest BCUT2D eigenvalue weighted by Crippen LogP contribution is 2.28. The van der Waals surface area contributed by atoms with E-state index >= 15 is 0 Å². The number of aromatic hydroxyl groups is 1. The fourth-order valence-corrected chi connectivity index (χ4v) is 3.44. The highest BCUT2D eigenvalue weighted by atomic mass is 16.5. The summed E-state index contributed by atoms with van der Waals surface area (Å²) >= 11 is 0. The van der Waals surface area contributed by atoms with Crippen LogP contribution in [0.4, 0.5) is 5.69 Å². The first kappa shape index (κ1) is 20.2. The first-order valence-electron chi connectivity index (χ1n) is 9.81. The molecule has 7 heteroatoms. The van der Waals surface area contributed by atoms with Crippen LogP contribution in [-0.4, -0.2) is 27.7 Å². The molecule has 0 spiro atoms. The van der Waals surface area contributed by atoms with Crippen molar-refractivity contribution in [1.29, 1.82) is 0 Å². The normalized spacial score (nSPS) is 10.8. The average molecular weight is 415 g/mol. The van der Waals surface area contributed by atoms with Crippen molar-refractivity contribution in [1.82, 2.24) is 9.55 Å². The Bertz CT molecular complexity index is 1330. The predicted molar refractivity (Wildman–Crippen MR) is 119 cm³/mol. The van der Waals surface area contributed by atoms with Gasteiger partial charge >= 0.3 is 0 Å². The quantitative estimate of drug-likeness (QED) is 0.515. The van der Waals surface area contributed by atoms with Crippen LogP contribution in [0.5, 0.6) is 11.5 Å². The Balaban J connectivity index is 1.89. The predicted octanol–water partition coefficient (Wildman–Crippen LogP) is 3.91. The van der Waals surface area contributed by atoms with Crippen molar-refractivity contribution in [2.24, 2.45) is 0 Å². The maximum atomic E-state index is 13.4. The number of nitrogens with zero attached hydrogens (tertiary/aromatic N) is 2. The van der Waals surface area contributed by atoms with Crippen LogP contribution in [0.2, 0.25) is 0 Å². The van der Waals surface area contributed by atoms with Gasteiger partial charge in [-0.15, -0.1) is 0 Å². The van der Waals surface area contributed by atoms with Gasteiger partial charge in [-0.05, 0) is 60.5 Å². The van der Waals surface area contributed by atoms with E-state index in [-0.39, 0.29) is 11.2 Å². The van der Waals surface area contributed by atoms with Crippen LogP contribution < -0.4 is 15.6 Å². The maximum absolute atomic E-state index is 13.4. The lowest BCUT2D eigenvalue weighted by Gasteiger charge is -2.15. The summed E-state index contributed by atoms with van der Waals surface area (Å²) in [6.07, 6.45) is 2.33. The third-order valence-electron chi connectivity index (χ3n) is 5.06. The molecule has 2 aromatic heterocycles. The van der Waals surface area contributed by atoms with Crippen LogP contribution >= 0.6 is 0 Å². The van der Waals surface area contributed by atoms with Gasteiger partial charge in [0.05, 0.1) is 18.2 Å². The van der Waals surface area contributed by atoms with Gasteiger partial charge in [-0.1, -0.05) is 19.1 Å². The molecule has 0 aliphatic rings. The molecule has 31 heavy (non-hydrogen) atoms. The molecule has 2 heterocycles. The summed E-state index contributed by atoms with van der Waals surface area (Å²) in [5, 5.41) is 13.8. The SMILES string of the molecule is CCc1cccc(NC(=O)c2c(O)c3cccnc3n(-c3ccc(OC)cc3)c2=O)c1. The largest absolute Gasteiger partial charge is 0.506 e. The number of rotatable bonds is 5. The number of ether oxygens (including phenoxy) is 1. The molecule has 2 N–H and O–H groups in total. The molecule has 0 unspecified atom stereocenters. The van der Waals surface area contributed by atoms with Crippen LogP contribution in [0.25, 0.3) is 16.7 Å². The number of pyridine rings is 2. The Morgan fingerprint density at radius 1 is 1.13 bits per heavy atom. The van der Waals surface area contributed by atoms with Crippen LogP contribution in [0.15, 0.2) is 71.7 Å². The fraction of sp³-hybridized carbons (Fsp3) is 0.125. The van der Waals surface area contributed by atoms with E-state index in [9.17, 15) is 14.7 Å². The van der Waals surface area contributed by atoms with E-state index in [1.807, 2.05) is 25.1 Å². The highest BCUT2D eigenvalue weighted by molar-refractivity contribution is 6.09. The zero-order valence-corrected chi connectivity index (χ0v) is 17.1. The third-order valence-corrected chi connectivity index (χ3v) is 5.06. The monoisotopic (exact) mass is 415 g/mol. The number of nitrogens with one attached hydrogen (secondary N) is 1. The van der Waals surface area contributed by atoms with Crippen molar-refractivity contribution in [3.8, 4) is 17.2 Å². The number of hydrogen-bond donors (Lipinski definition) is 2. The van der Waals surface area contributed by atoms with Crippen molar-refractivity contribution in [3.05, 3.63) is 88.3 Å². The Kier molecular flexibility index (Phi) is 5.41. The van der Waals surface area contributed by atoms with E-state index in [1.165, 1.54) is 10.8 Å². The minimum Gasteiger partial charge on any atom is -0.506 e. The fourth-order valence-electron chi connectivity index (χ4n) is 3.44. The summed E-state index contributed by atoms with van der Waals surface area (Å²) in [6.45, 7) is 2.01. The molecule has 0 saturated heterocycles. The maximum Gasteiger partial charge on any atom is 0.273 e. The summed E-state index contributed by atoms with van der Waals surface area (Å²) in [7, 11) is 1.55. The van der Waals surface area contributed by atoms with Crippen molar-refractivity contribution in [2.45, 2.75) is 13.3 Å². The lowest BCUT2D eigenvalue weighted by Crippen LogP contribution is -2.29. The lowest BCUT2D eigenvalue weighted by atomic mass is 10.1. The van der Waals surface area contributed by atoms with Gasteiger partial charge in [0.1, 0.15) is 17.1 Å². The second-order valence-corrected chi connectivity index (χ2v) is 6.94. The standard InChI is InChI=1S/C24H21N3O4/c1-3-15-6-4-7-16(14-15)26-23(29)20-21(28)19-8-5-13-25-22(19)27(24(20)30)17-9-11-18(31-2)12-10-17/h4-14,28H,3H2,1-2H3,(H,26,29). The Hall–Kier alpha value is -4.13. The number of carbonyl (C=O) groups is 1. The number of anilines is 1. The molecule has 7 nitrogen and oxygen atoms in total. The van der Waals surface area contributed by atoms with Gasteiger partial charge in [0.25, 0.3) is 11.5 Å². The van der Waals surface area contributed by atoms with Crippen LogP contribution in [-0.2, 0) is 6.42 Å². The van der Waals surface area contributed by atoms with E-state index in [0.29, 0.717) is 22.5 Å². The van der Waals surface area contributed by atoms with E-state index in [1.54, 1.807) is 49.6 Å². The summed E-state index contributed by atoms with van der Waals surface area (Å²) in [6, 6.07) is 17.4. The topological polar surface area (TPSA) is 93.5 Å². The molecule has 1 amide bonds. The van der Waals surface area contributed by atoms with E-state index in [4.69, 9.17) is 4.74 Å². The number of methoxy groups -OCH3 is 1. The molecule has 0 radical (unpaired) electrons. The van der Waals surface area contributed by atoms with Crippen molar-refractivity contribution in [2.75, 3.05) is 12.4 Å². The summed E-state index contributed by atoms with van der Waals surface area (Å²) in [5.74, 6) is -0.465. The zero-order chi connectivity index (χ0) is 22.0. The smallest absolute Gasteiger partial charge is 0.273 e. The summed E-state index contributed by atoms with van der Waals surface area (Å²) in [5.41, 5.74) is 1.32. The Morgan fingerprint density at radius 2 is 1.90 bits per heavy atom. The number of carbonyl (C=O) groups excluding carboxylic acids is 1. The van der Waals surface area contributed by atoms with E-state index in [2.05, 4.69) is 10.3 Å². The van der Waals surface area contributed by atoms with E-state index in [0.717, 1.165) is 12.0 Å². The second-order valence-electron chi connectivity index (χ2n) is 6.94. The van der Waals surface area contributed by atoms with Crippen LogP contribution in [0.1, 0.15) is 22.8 Å². The zero-order valence-electron chi connectivity index (χ0n) is 17.1. The minimum atomic E-state index is -0.691. The van der Waals surface area contributed by atoms with Crippen molar-refractivity contribution in [3.63, 3.8) is 0 Å². The summed E-state index contributed by atoms with van der Waals surface area (Å²) < 4.78 is 6.49. The van der Waals surface area contributed by atoms with Crippen molar-refractivity contribution < 1.29 is 14.6 Å². The second kappa shape index (κ2) is 8.31. The van der Waals surface area contributed by atoms with Crippen molar-refractivity contribution >= 4 is 22.6 Å². The number of aromatic nitrogens is 2. The Morgan fingerprint density at radius 3 is 2.61 bits per heavy atom. The van der Waals surface area contributed by atoms with E-state index < -0.39 is 17.2 Å². The van der Waals surface area contributed by atoms with Crippen LogP contribution in [0.3, 0.4) is 0 Å². The number of aryl methyl sites for hydroxylation is 1. The van der Waals surface area contributed by atoms with Gasteiger partial charge in [-0.2, -0.15) is 0 Å². The lowest BCUT2D eigenvalue weighted by molar-refractivity contribution is 0.102. The number of benzene rings is 2. The molecule has 0 bridgehead atoms. The number of amides is 1. The first-order chi connectivity index (χ1) is 15.0. The molecule has 4 aromatic rings. The molecular formula is C24H21N3O4. The molecule has 2 aromatic carbocycles. The molecule has 0 aliphatic carbocycles. The Labute approximate surface area is 178 Å². The molecule has 0 saturated carbocycles. The molecule has 0 fully saturated rings. The number of hydrogen-bond acceptors (Lipinski definition) is 5. The third kappa shape index (κ3) is 3.73. The molecule has 156 valence electrons. The first-order valence-corrected chi connectivity index (χ1v) is 9.81. The average Bonchev–Trinajstić information content (AvgIpc) is 2.80. The van der Waals surface area contributed by atoms with Gasteiger partial charge in [-0.3, -0.25) is 14.2 Å². The number of fused-ring (bicyclic) bond motifs is 1. The van der Waals surface area contributed by atoms with Gasteiger partial charge in [0, 0.05) is 11.9 Å². The van der Waals surface area contributed by atoms with Crippen LogP contribution in [0, 0.1) is 0 Å². The molecular weight excluding hydrogens is 394 g/mol.